The van der Waals surface area contributed by atoms with Crippen molar-refractivity contribution in [1.82, 2.24) is 15.1 Å². The largest absolute Gasteiger partial charge is 0.351 e. The highest BCUT2D eigenvalue weighted by Crippen LogP contribution is 2.24. The second-order valence-electron chi connectivity index (χ2n) is 6.92. The van der Waals surface area contributed by atoms with Crippen molar-refractivity contribution in [2.45, 2.75) is 19.5 Å². The Morgan fingerprint density at radius 3 is 2.52 bits per heavy atom. The van der Waals surface area contributed by atoms with Crippen LogP contribution in [0.4, 0.5) is 0 Å². The van der Waals surface area contributed by atoms with Crippen LogP contribution < -0.4 is 5.32 Å². The molecule has 1 aliphatic rings. The quantitative estimate of drug-likeness (QED) is 0.911. The summed E-state index contributed by atoms with van der Waals surface area (Å²) < 4.78 is 0. The summed E-state index contributed by atoms with van der Waals surface area (Å²) in [7, 11) is 2.14. The van der Waals surface area contributed by atoms with Crippen LogP contribution in [0.3, 0.4) is 0 Å². The lowest BCUT2D eigenvalue weighted by Gasteiger charge is -2.39. The lowest BCUT2D eigenvalue weighted by Crippen LogP contribution is -2.49. The minimum absolute atomic E-state index is 0.0889. The molecule has 2 aromatic rings. The number of hydrogen-bond donors (Lipinski definition) is 1. The van der Waals surface area contributed by atoms with Gasteiger partial charge in [-0.25, -0.2) is 0 Å². The molecule has 0 spiro atoms. The third kappa shape index (κ3) is 4.91. The van der Waals surface area contributed by atoms with Gasteiger partial charge in [0.15, 0.2) is 0 Å². The minimum Gasteiger partial charge on any atom is -0.351 e. The average molecular weight is 337 g/mol. The van der Waals surface area contributed by atoms with Gasteiger partial charge in [0.2, 0.25) is 5.91 Å². The molecule has 1 heterocycles. The second kappa shape index (κ2) is 8.28. The molecule has 1 aliphatic heterocycles. The van der Waals surface area contributed by atoms with Crippen molar-refractivity contribution in [3.63, 3.8) is 0 Å². The van der Waals surface area contributed by atoms with E-state index >= 15 is 0 Å². The van der Waals surface area contributed by atoms with Gasteiger partial charge in [-0.15, -0.1) is 0 Å². The smallest absolute Gasteiger partial charge is 0.234 e. The molecule has 25 heavy (non-hydrogen) atoms. The summed E-state index contributed by atoms with van der Waals surface area (Å²) in [6.45, 7) is 5.96. The van der Waals surface area contributed by atoms with Crippen molar-refractivity contribution >= 4 is 5.91 Å². The predicted octanol–water partition coefficient (Wildman–Crippen LogP) is 2.60. The summed E-state index contributed by atoms with van der Waals surface area (Å²) in [6.07, 6.45) is 0. The zero-order valence-electron chi connectivity index (χ0n) is 15.1. The van der Waals surface area contributed by atoms with Gasteiger partial charge in [-0.1, -0.05) is 60.2 Å². The van der Waals surface area contributed by atoms with E-state index in [0.29, 0.717) is 13.1 Å². The van der Waals surface area contributed by atoms with Crippen molar-refractivity contribution < 1.29 is 4.79 Å². The molecule has 1 fully saturated rings. The van der Waals surface area contributed by atoms with E-state index in [9.17, 15) is 4.79 Å². The Morgan fingerprint density at radius 1 is 1.08 bits per heavy atom. The van der Waals surface area contributed by atoms with Crippen LogP contribution in [-0.4, -0.2) is 48.9 Å². The Kier molecular flexibility index (Phi) is 5.84. The zero-order chi connectivity index (χ0) is 17.6. The van der Waals surface area contributed by atoms with E-state index in [1.807, 2.05) is 6.07 Å². The van der Waals surface area contributed by atoms with Crippen LogP contribution in [0.5, 0.6) is 0 Å². The van der Waals surface area contributed by atoms with E-state index in [-0.39, 0.29) is 11.9 Å². The van der Waals surface area contributed by atoms with E-state index in [4.69, 9.17) is 0 Å². The number of amides is 1. The molecule has 1 unspecified atom stereocenters. The lowest BCUT2D eigenvalue weighted by molar-refractivity contribution is -0.123. The number of nitrogens with zero attached hydrogens (tertiary/aromatic N) is 2. The lowest BCUT2D eigenvalue weighted by atomic mass is 10.0. The fourth-order valence-electron chi connectivity index (χ4n) is 3.28. The molecular formula is C21H27N3O. The van der Waals surface area contributed by atoms with Gasteiger partial charge in [0, 0.05) is 32.2 Å². The first-order valence-corrected chi connectivity index (χ1v) is 8.91. The third-order valence-corrected chi connectivity index (χ3v) is 4.84. The van der Waals surface area contributed by atoms with Crippen LogP contribution in [0, 0.1) is 6.92 Å². The number of piperazine rings is 1. The van der Waals surface area contributed by atoms with Crippen molar-refractivity contribution in [3.05, 3.63) is 71.3 Å². The Morgan fingerprint density at radius 2 is 1.80 bits per heavy atom. The molecule has 1 atom stereocenters. The standard InChI is InChI=1S/C21H27N3O/c1-17-8-10-18(11-9-17)14-22-21(25)16-24-13-12-23(2)15-20(24)19-6-4-3-5-7-19/h3-11,20H,12-16H2,1-2H3,(H,22,25). The first-order chi connectivity index (χ1) is 12.1. The summed E-state index contributed by atoms with van der Waals surface area (Å²) in [4.78, 5) is 17.1. The molecule has 1 amide bonds. The summed E-state index contributed by atoms with van der Waals surface area (Å²) >= 11 is 0. The molecule has 1 N–H and O–H groups in total. The second-order valence-corrected chi connectivity index (χ2v) is 6.92. The minimum atomic E-state index is 0.0889. The fraction of sp³-hybridized carbons (Fsp3) is 0.381. The zero-order valence-corrected chi connectivity index (χ0v) is 15.1. The number of carbonyl (C=O) groups excluding carboxylic acids is 1. The molecule has 0 bridgehead atoms. The summed E-state index contributed by atoms with van der Waals surface area (Å²) in [5, 5.41) is 3.05. The Balaban J connectivity index is 1.59. The number of rotatable bonds is 5. The summed E-state index contributed by atoms with van der Waals surface area (Å²) in [5.41, 5.74) is 3.65. The van der Waals surface area contributed by atoms with Gasteiger partial charge >= 0.3 is 0 Å². The van der Waals surface area contributed by atoms with E-state index in [1.165, 1.54) is 11.1 Å². The Labute approximate surface area is 150 Å². The Bertz CT molecular complexity index is 684. The maximum absolute atomic E-state index is 12.4. The van der Waals surface area contributed by atoms with Crippen LogP contribution >= 0.6 is 0 Å². The van der Waals surface area contributed by atoms with E-state index in [1.54, 1.807) is 0 Å². The van der Waals surface area contributed by atoms with Crippen LogP contribution in [0.1, 0.15) is 22.7 Å². The number of hydrogen-bond acceptors (Lipinski definition) is 3. The fourth-order valence-corrected chi connectivity index (χ4v) is 3.28. The number of likely N-dealkylation sites (N-methyl/N-ethyl adjacent to an activating group) is 1. The number of benzene rings is 2. The summed E-state index contributed by atoms with van der Waals surface area (Å²) in [5.74, 6) is 0.0889. The average Bonchev–Trinajstić information content (AvgIpc) is 2.63. The monoisotopic (exact) mass is 337 g/mol. The van der Waals surface area contributed by atoms with Crippen LogP contribution in [0.15, 0.2) is 54.6 Å². The molecule has 0 aliphatic carbocycles. The van der Waals surface area contributed by atoms with Crippen LogP contribution in [0.2, 0.25) is 0 Å². The van der Waals surface area contributed by atoms with Gasteiger partial charge in [0.05, 0.1) is 6.54 Å². The predicted molar refractivity (Wildman–Crippen MR) is 101 cm³/mol. The molecular weight excluding hydrogens is 310 g/mol. The molecule has 2 aromatic carbocycles. The summed E-state index contributed by atoms with van der Waals surface area (Å²) in [6, 6.07) is 19.0. The molecule has 132 valence electrons. The van der Waals surface area contributed by atoms with Crippen molar-refractivity contribution in [3.8, 4) is 0 Å². The highest BCUT2D eigenvalue weighted by atomic mass is 16.2. The molecule has 0 aromatic heterocycles. The first kappa shape index (κ1) is 17.6. The highest BCUT2D eigenvalue weighted by molar-refractivity contribution is 5.78. The third-order valence-electron chi connectivity index (χ3n) is 4.84. The molecule has 4 nitrogen and oxygen atoms in total. The van der Waals surface area contributed by atoms with Crippen LogP contribution in [-0.2, 0) is 11.3 Å². The van der Waals surface area contributed by atoms with Gasteiger partial charge in [0.25, 0.3) is 0 Å². The van der Waals surface area contributed by atoms with E-state index in [0.717, 1.165) is 25.2 Å². The van der Waals surface area contributed by atoms with Gasteiger partial charge < -0.3 is 10.2 Å². The van der Waals surface area contributed by atoms with Crippen molar-refractivity contribution in [2.75, 3.05) is 33.2 Å². The van der Waals surface area contributed by atoms with Gasteiger partial charge in [-0.2, -0.15) is 0 Å². The maximum Gasteiger partial charge on any atom is 0.234 e. The van der Waals surface area contributed by atoms with E-state index in [2.05, 4.69) is 77.6 Å². The van der Waals surface area contributed by atoms with Gasteiger partial charge in [-0.3, -0.25) is 9.69 Å². The number of carbonyl (C=O) groups is 1. The van der Waals surface area contributed by atoms with Gasteiger partial charge in [-0.05, 0) is 25.1 Å². The highest BCUT2D eigenvalue weighted by Gasteiger charge is 2.27. The maximum atomic E-state index is 12.4. The van der Waals surface area contributed by atoms with Gasteiger partial charge in [0.1, 0.15) is 0 Å². The topological polar surface area (TPSA) is 35.6 Å². The Hall–Kier alpha value is -2.17. The number of nitrogens with one attached hydrogen (secondary N) is 1. The molecule has 4 heteroatoms. The number of aryl methyl sites for hydroxylation is 1. The molecule has 1 saturated heterocycles. The molecule has 0 radical (unpaired) electrons. The first-order valence-electron chi connectivity index (χ1n) is 8.91. The van der Waals surface area contributed by atoms with Crippen LogP contribution in [0.25, 0.3) is 0 Å². The molecule has 0 saturated carbocycles. The normalized spacial score (nSPS) is 18.9. The van der Waals surface area contributed by atoms with E-state index < -0.39 is 0 Å². The van der Waals surface area contributed by atoms with Crippen molar-refractivity contribution in [2.24, 2.45) is 0 Å². The SMILES string of the molecule is Cc1ccc(CNC(=O)CN2CCN(C)CC2c2ccccc2)cc1. The molecule has 3 rings (SSSR count). The van der Waals surface area contributed by atoms with Crippen molar-refractivity contribution in [1.29, 1.82) is 0 Å².